The summed E-state index contributed by atoms with van der Waals surface area (Å²) in [5, 5.41) is 9.05. The van der Waals surface area contributed by atoms with E-state index in [-0.39, 0.29) is 12.1 Å². The minimum absolute atomic E-state index is 0.0888. The summed E-state index contributed by atoms with van der Waals surface area (Å²) in [6, 6.07) is 10.0. The number of nitrogens with one attached hydrogen (secondary N) is 3. The summed E-state index contributed by atoms with van der Waals surface area (Å²) in [5.74, 6) is 1.59. The molecule has 140 valence electrons. The highest BCUT2D eigenvalue weighted by Crippen LogP contribution is 2.34. The zero-order chi connectivity index (χ0) is 19.3. The number of hydrogen-bond donors (Lipinski definition) is 3. The molecular formula is C21H30N4O. The van der Waals surface area contributed by atoms with Crippen molar-refractivity contribution in [2.45, 2.75) is 59.4 Å². The molecule has 1 heterocycles. The number of urea groups is 1. The van der Waals surface area contributed by atoms with Crippen molar-refractivity contribution < 1.29 is 4.79 Å². The molecule has 2 aromatic rings. The van der Waals surface area contributed by atoms with Gasteiger partial charge in [-0.2, -0.15) is 0 Å². The molecular weight excluding hydrogens is 324 g/mol. The molecule has 2 amide bonds. The van der Waals surface area contributed by atoms with Crippen LogP contribution in [0.1, 0.15) is 64.5 Å². The number of nitrogens with zero attached hydrogens (tertiary/aromatic N) is 1. The highest BCUT2D eigenvalue weighted by molar-refractivity contribution is 5.89. The van der Waals surface area contributed by atoms with Crippen molar-refractivity contribution >= 4 is 23.2 Å². The molecule has 0 aliphatic heterocycles. The third-order valence-corrected chi connectivity index (χ3v) is 4.07. The predicted octanol–water partition coefficient (Wildman–Crippen LogP) is 5.60. The van der Waals surface area contributed by atoms with E-state index in [2.05, 4.69) is 66.8 Å². The molecule has 5 heteroatoms. The first-order valence-corrected chi connectivity index (χ1v) is 9.21. The fourth-order valence-corrected chi connectivity index (χ4v) is 2.79. The van der Waals surface area contributed by atoms with Gasteiger partial charge < -0.3 is 16.0 Å². The fraction of sp³-hybridized carbons (Fsp3) is 0.429. The Morgan fingerprint density at radius 2 is 1.54 bits per heavy atom. The van der Waals surface area contributed by atoms with Crippen LogP contribution < -0.4 is 16.0 Å². The van der Waals surface area contributed by atoms with Gasteiger partial charge in [-0.25, -0.2) is 9.78 Å². The standard InChI is InChI=1S/C21H30N4O/c1-13(2)17-8-7-9-18(14(3)4)20(17)25-19-11-10-16(12-22-19)24-21(26)23-15(5)6/h7-15H,1-6H3,(H,22,25)(H2,23,24,26). The Kier molecular flexibility index (Phi) is 6.61. The monoisotopic (exact) mass is 354 g/mol. The molecule has 2 rings (SSSR count). The molecule has 0 spiro atoms. The van der Waals surface area contributed by atoms with Gasteiger partial charge in [0.1, 0.15) is 5.82 Å². The summed E-state index contributed by atoms with van der Waals surface area (Å²) < 4.78 is 0. The Morgan fingerprint density at radius 3 is 2.00 bits per heavy atom. The lowest BCUT2D eigenvalue weighted by molar-refractivity contribution is 0.250. The van der Waals surface area contributed by atoms with E-state index in [1.165, 1.54) is 11.1 Å². The van der Waals surface area contributed by atoms with Crippen LogP contribution in [0.25, 0.3) is 0 Å². The van der Waals surface area contributed by atoms with Crippen LogP contribution in [0.4, 0.5) is 22.0 Å². The molecule has 5 nitrogen and oxygen atoms in total. The summed E-state index contributed by atoms with van der Waals surface area (Å²) >= 11 is 0. The van der Waals surface area contributed by atoms with E-state index in [1.807, 2.05) is 26.0 Å². The van der Waals surface area contributed by atoms with Crippen LogP contribution in [-0.2, 0) is 0 Å². The van der Waals surface area contributed by atoms with Gasteiger partial charge >= 0.3 is 6.03 Å². The number of pyridine rings is 1. The first-order valence-electron chi connectivity index (χ1n) is 9.21. The van der Waals surface area contributed by atoms with Crippen LogP contribution in [0.3, 0.4) is 0 Å². The number of carbonyl (C=O) groups excluding carboxylic acids is 1. The number of para-hydroxylation sites is 1. The molecule has 0 saturated carbocycles. The minimum atomic E-state index is -0.227. The van der Waals surface area contributed by atoms with E-state index in [0.717, 1.165) is 11.5 Å². The Morgan fingerprint density at radius 1 is 0.923 bits per heavy atom. The second kappa shape index (κ2) is 8.70. The van der Waals surface area contributed by atoms with Crippen LogP contribution >= 0.6 is 0 Å². The Labute approximate surface area is 156 Å². The summed E-state index contributed by atoms with van der Waals surface area (Å²) in [5.41, 5.74) is 4.34. The largest absolute Gasteiger partial charge is 0.340 e. The van der Waals surface area contributed by atoms with Gasteiger partial charge in [0, 0.05) is 11.7 Å². The van der Waals surface area contributed by atoms with Crippen molar-refractivity contribution in [1.29, 1.82) is 0 Å². The number of hydrogen-bond acceptors (Lipinski definition) is 3. The SMILES string of the molecule is CC(C)NC(=O)Nc1ccc(Nc2c(C(C)C)cccc2C(C)C)nc1. The lowest BCUT2D eigenvalue weighted by Gasteiger charge is -2.20. The van der Waals surface area contributed by atoms with Crippen molar-refractivity contribution in [2.24, 2.45) is 0 Å². The number of amides is 2. The minimum Gasteiger partial charge on any atom is -0.340 e. The van der Waals surface area contributed by atoms with Crippen molar-refractivity contribution in [1.82, 2.24) is 10.3 Å². The number of benzene rings is 1. The molecule has 0 bridgehead atoms. The van der Waals surface area contributed by atoms with Crippen molar-refractivity contribution in [2.75, 3.05) is 10.6 Å². The normalized spacial score (nSPS) is 11.1. The molecule has 26 heavy (non-hydrogen) atoms. The molecule has 0 radical (unpaired) electrons. The number of carbonyl (C=O) groups is 1. The highest BCUT2D eigenvalue weighted by atomic mass is 16.2. The van der Waals surface area contributed by atoms with Gasteiger partial charge in [0.15, 0.2) is 0 Å². The van der Waals surface area contributed by atoms with Gasteiger partial charge in [-0.1, -0.05) is 45.9 Å². The van der Waals surface area contributed by atoms with Gasteiger partial charge in [-0.3, -0.25) is 0 Å². The van der Waals surface area contributed by atoms with Crippen molar-refractivity contribution in [3.63, 3.8) is 0 Å². The maximum absolute atomic E-state index is 11.8. The number of aromatic nitrogens is 1. The van der Waals surface area contributed by atoms with E-state index in [0.29, 0.717) is 17.5 Å². The van der Waals surface area contributed by atoms with E-state index >= 15 is 0 Å². The van der Waals surface area contributed by atoms with Crippen LogP contribution in [0.5, 0.6) is 0 Å². The van der Waals surface area contributed by atoms with Crippen LogP contribution in [0.2, 0.25) is 0 Å². The molecule has 1 aromatic carbocycles. The molecule has 0 fully saturated rings. The zero-order valence-corrected chi connectivity index (χ0v) is 16.6. The van der Waals surface area contributed by atoms with Crippen LogP contribution in [0, 0.1) is 0 Å². The summed E-state index contributed by atoms with van der Waals surface area (Å²) in [7, 11) is 0. The van der Waals surface area contributed by atoms with Crippen molar-refractivity contribution in [3.05, 3.63) is 47.7 Å². The van der Waals surface area contributed by atoms with Gasteiger partial charge in [0.25, 0.3) is 0 Å². The maximum atomic E-state index is 11.8. The van der Waals surface area contributed by atoms with E-state index < -0.39 is 0 Å². The Hall–Kier alpha value is -2.56. The van der Waals surface area contributed by atoms with Crippen LogP contribution in [-0.4, -0.2) is 17.1 Å². The zero-order valence-electron chi connectivity index (χ0n) is 16.6. The molecule has 0 saturated heterocycles. The lowest BCUT2D eigenvalue weighted by Crippen LogP contribution is -2.34. The summed E-state index contributed by atoms with van der Waals surface area (Å²) in [4.78, 5) is 16.2. The van der Waals surface area contributed by atoms with Gasteiger partial charge in [-0.15, -0.1) is 0 Å². The second-order valence-electron chi connectivity index (χ2n) is 7.43. The summed E-state index contributed by atoms with van der Waals surface area (Å²) in [6.45, 7) is 12.6. The van der Waals surface area contributed by atoms with E-state index in [9.17, 15) is 4.79 Å². The molecule has 0 atom stereocenters. The smallest absolute Gasteiger partial charge is 0.319 e. The second-order valence-corrected chi connectivity index (χ2v) is 7.43. The van der Waals surface area contributed by atoms with E-state index in [4.69, 9.17) is 0 Å². The third kappa shape index (κ3) is 5.22. The number of anilines is 3. The van der Waals surface area contributed by atoms with Crippen LogP contribution in [0.15, 0.2) is 36.5 Å². The Balaban J connectivity index is 2.20. The quantitative estimate of drug-likeness (QED) is 0.632. The van der Waals surface area contributed by atoms with E-state index in [1.54, 1.807) is 6.20 Å². The van der Waals surface area contributed by atoms with Gasteiger partial charge in [-0.05, 0) is 48.9 Å². The van der Waals surface area contributed by atoms with Gasteiger partial charge in [0.05, 0.1) is 11.9 Å². The Bertz CT molecular complexity index is 710. The molecule has 0 unspecified atom stereocenters. The number of rotatable bonds is 6. The molecule has 0 aliphatic carbocycles. The average Bonchev–Trinajstić information content (AvgIpc) is 2.55. The lowest BCUT2D eigenvalue weighted by atomic mass is 9.92. The highest BCUT2D eigenvalue weighted by Gasteiger charge is 2.14. The molecule has 3 N–H and O–H groups in total. The van der Waals surface area contributed by atoms with Crippen molar-refractivity contribution in [3.8, 4) is 0 Å². The maximum Gasteiger partial charge on any atom is 0.319 e. The average molecular weight is 354 g/mol. The predicted molar refractivity (Wildman–Crippen MR) is 109 cm³/mol. The first kappa shape index (κ1) is 19.8. The molecule has 1 aromatic heterocycles. The third-order valence-electron chi connectivity index (χ3n) is 4.07. The topological polar surface area (TPSA) is 66.1 Å². The first-order chi connectivity index (χ1) is 12.3. The van der Waals surface area contributed by atoms with Gasteiger partial charge in [0.2, 0.25) is 0 Å². The molecule has 0 aliphatic rings. The fourth-order valence-electron chi connectivity index (χ4n) is 2.79. The summed E-state index contributed by atoms with van der Waals surface area (Å²) in [6.07, 6.45) is 1.66.